The van der Waals surface area contributed by atoms with E-state index in [2.05, 4.69) is 4.90 Å². The van der Waals surface area contributed by atoms with Crippen molar-refractivity contribution < 1.29 is 28.3 Å². The average Bonchev–Trinajstić information content (AvgIpc) is 2.35. The van der Waals surface area contributed by atoms with E-state index in [9.17, 15) is 8.42 Å². The molecule has 1 rings (SSSR count). The molecule has 0 aromatic rings. The highest BCUT2D eigenvalue weighted by atomic mass is 32.2. The van der Waals surface area contributed by atoms with Crippen LogP contribution in [0.5, 0.6) is 0 Å². The Morgan fingerprint density at radius 2 is 1.52 bits per heavy atom. The van der Waals surface area contributed by atoms with E-state index in [1.807, 2.05) is 4.90 Å². The van der Waals surface area contributed by atoms with Gasteiger partial charge in [-0.1, -0.05) is 0 Å². The van der Waals surface area contributed by atoms with E-state index in [4.69, 9.17) is 19.9 Å². The SMILES string of the molecule is CC(O)CC(C)(C)O.O=S(=O)(O)CCN1CCN(CCO)CC1. The van der Waals surface area contributed by atoms with Crippen LogP contribution in [0.2, 0.25) is 0 Å². The first-order valence-electron chi connectivity index (χ1n) is 7.84. The molecule has 0 aromatic heterocycles. The smallest absolute Gasteiger partial charge is 0.266 e. The van der Waals surface area contributed by atoms with Gasteiger partial charge in [0.1, 0.15) is 0 Å². The van der Waals surface area contributed by atoms with Gasteiger partial charge in [-0.25, -0.2) is 0 Å². The van der Waals surface area contributed by atoms with Crippen molar-refractivity contribution >= 4 is 10.1 Å². The predicted octanol–water partition coefficient (Wildman–Crippen LogP) is -0.988. The molecule has 23 heavy (non-hydrogen) atoms. The topological polar surface area (TPSA) is 122 Å². The fraction of sp³-hybridized carbons (Fsp3) is 1.00. The fourth-order valence-electron chi connectivity index (χ4n) is 2.35. The molecule has 1 unspecified atom stereocenters. The van der Waals surface area contributed by atoms with Gasteiger partial charge in [-0.3, -0.25) is 14.4 Å². The molecule has 0 bridgehead atoms. The number of hydrogen-bond acceptors (Lipinski definition) is 7. The van der Waals surface area contributed by atoms with Crippen LogP contribution < -0.4 is 0 Å². The number of piperazine rings is 1. The molecule has 140 valence electrons. The lowest BCUT2D eigenvalue weighted by atomic mass is 10.0. The maximum absolute atomic E-state index is 10.5. The number of hydrogen-bond donors (Lipinski definition) is 4. The average molecular weight is 356 g/mol. The van der Waals surface area contributed by atoms with Crippen molar-refractivity contribution in [2.45, 2.75) is 38.9 Å². The Labute approximate surface area is 139 Å². The van der Waals surface area contributed by atoms with Crippen LogP contribution in [0.1, 0.15) is 27.2 Å². The van der Waals surface area contributed by atoms with Crippen molar-refractivity contribution in [3.63, 3.8) is 0 Å². The van der Waals surface area contributed by atoms with Gasteiger partial charge in [0.15, 0.2) is 0 Å². The quantitative estimate of drug-likeness (QED) is 0.429. The molecule has 8 nitrogen and oxygen atoms in total. The fourth-order valence-corrected chi connectivity index (χ4v) is 2.83. The Morgan fingerprint density at radius 1 is 1.09 bits per heavy atom. The molecule has 1 saturated heterocycles. The first kappa shape index (κ1) is 22.7. The summed E-state index contributed by atoms with van der Waals surface area (Å²) in [5.74, 6) is -0.201. The van der Waals surface area contributed by atoms with Gasteiger partial charge in [-0.05, 0) is 20.8 Å². The Hall–Kier alpha value is -0.290. The minimum atomic E-state index is -3.84. The van der Waals surface area contributed by atoms with Crippen molar-refractivity contribution in [2.75, 3.05) is 51.6 Å². The minimum absolute atomic E-state index is 0.158. The van der Waals surface area contributed by atoms with Gasteiger partial charge < -0.3 is 15.3 Å². The van der Waals surface area contributed by atoms with E-state index in [-0.39, 0.29) is 12.4 Å². The van der Waals surface area contributed by atoms with Crippen LogP contribution in [-0.4, -0.2) is 101 Å². The van der Waals surface area contributed by atoms with E-state index < -0.39 is 21.8 Å². The molecule has 0 aromatic carbocycles. The second kappa shape index (κ2) is 10.5. The zero-order chi connectivity index (χ0) is 18.1. The summed E-state index contributed by atoms with van der Waals surface area (Å²) in [6, 6.07) is 0. The summed E-state index contributed by atoms with van der Waals surface area (Å²) in [7, 11) is -3.84. The molecule has 0 radical (unpaired) electrons. The van der Waals surface area contributed by atoms with Gasteiger partial charge in [-0.2, -0.15) is 8.42 Å². The molecule has 0 aliphatic carbocycles. The van der Waals surface area contributed by atoms with Crippen molar-refractivity contribution in [1.29, 1.82) is 0 Å². The van der Waals surface area contributed by atoms with Gasteiger partial charge in [0, 0.05) is 45.7 Å². The molecule has 1 aliphatic rings. The van der Waals surface area contributed by atoms with Crippen molar-refractivity contribution in [2.24, 2.45) is 0 Å². The van der Waals surface area contributed by atoms with Crippen molar-refractivity contribution in [3.05, 3.63) is 0 Å². The second-order valence-corrected chi connectivity index (χ2v) is 8.13. The van der Waals surface area contributed by atoms with Gasteiger partial charge in [0.2, 0.25) is 0 Å². The molecule has 1 atom stereocenters. The number of nitrogens with zero attached hydrogens (tertiary/aromatic N) is 2. The molecule has 1 fully saturated rings. The monoisotopic (exact) mass is 356 g/mol. The van der Waals surface area contributed by atoms with Gasteiger partial charge >= 0.3 is 0 Å². The van der Waals surface area contributed by atoms with E-state index >= 15 is 0 Å². The maximum Gasteiger partial charge on any atom is 0.266 e. The Kier molecular flexibility index (Phi) is 10.4. The van der Waals surface area contributed by atoms with Crippen LogP contribution in [0.25, 0.3) is 0 Å². The largest absolute Gasteiger partial charge is 0.395 e. The number of rotatable bonds is 7. The molecule has 0 amide bonds. The summed E-state index contributed by atoms with van der Waals surface area (Å²) in [4.78, 5) is 4.13. The Balaban J connectivity index is 0.000000515. The summed E-state index contributed by atoms with van der Waals surface area (Å²) in [6.45, 7) is 9.49. The highest BCUT2D eigenvalue weighted by Crippen LogP contribution is 2.09. The summed E-state index contributed by atoms with van der Waals surface area (Å²) < 4.78 is 29.6. The lowest BCUT2D eigenvalue weighted by Crippen LogP contribution is -2.48. The molecular weight excluding hydrogens is 324 g/mol. The third-order valence-corrected chi connectivity index (χ3v) is 4.04. The van der Waals surface area contributed by atoms with Crippen LogP contribution in [0, 0.1) is 0 Å². The second-order valence-electron chi connectivity index (χ2n) is 6.56. The lowest BCUT2D eigenvalue weighted by Gasteiger charge is -2.33. The van der Waals surface area contributed by atoms with E-state index in [0.717, 1.165) is 26.2 Å². The third kappa shape index (κ3) is 15.0. The van der Waals surface area contributed by atoms with Gasteiger partial charge in [0.25, 0.3) is 10.1 Å². The molecule has 0 spiro atoms. The molecule has 1 aliphatic heterocycles. The highest BCUT2D eigenvalue weighted by molar-refractivity contribution is 7.85. The summed E-state index contributed by atoms with van der Waals surface area (Å²) in [6.07, 6.45) is 0.0301. The van der Waals surface area contributed by atoms with Crippen molar-refractivity contribution in [3.8, 4) is 0 Å². The molecular formula is C14H32N2O6S. The standard InChI is InChI=1S/C8H18N2O4S.C6H14O2/c11-7-5-9-1-3-10(4-2-9)6-8-15(12,13)14;1-5(7)4-6(2,3)8/h11H,1-8H2,(H,12,13,14);5,7-8H,4H2,1-3H3. The minimum Gasteiger partial charge on any atom is -0.395 e. The van der Waals surface area contributed by atoms with Crippen LogP contribution in [-0.2, 0) is 10.1 Å². The van der Waals surface area contributed by atoms with Crippen LogP contribution in [0.15, 0.2) is 0 Å². The van der Waals surface area contributed by atoms with E-state index in [0.29, 0.717) is 19.5 Å². The van der Waals surface area contributed by atoms with Crippen LogP contribution >= 0.6 is 0 Å². The summed E-state index contributed by atoms with van der Waals surface area (Å²) in [5.41, 5.74) is -0.728. The molecule has 9 heteroatoms. The number of aliphatic hydroxyl groups is 3. The normalized spacial score (nSPS) is 19.1. The van der Waals surface area contributed by atoms with E-state index in [1.165, 1.54) is 0 Å². The van der Waals surface area contributed by atoms with Gasteiger partial charge in [-0.15, -0.1) is 0 Å². The van der Waals surface area contributed by atoms with Crippen LogP contribution in [0.4, 0.5) is 0 Å². The summed E-state index contributed by atoms with van der Waals surface area (Å²) in [5, 5.41) is 26.5. The lowest BCUT2D eigenvalue weighted by molar-refractivity contribution is 0.0248. The zero-order valence-electron chi connectivity index (χ0n) is 14.3. The number of aliphatic hydroxyl groups excluding tert-OH is 2. The van der Waals surface area contributed by atoms with Crippen LogP contribution in [0.3, 0.4) is 0 Å². The van der Waals surface area contributed by atoms with E-state index in [1.54, 1.807) is 20.8 Å². The first-order chi connectivity index (χ1) is 10.4. The maximum atomic E-state index is 10.5. The predicted molar refractivity (Wildman–Crippen MR) is 89.0 cm³/mol. The third-order valence-electron chi connectivity index (χ3n) is 3.34. The number of β-amino-alcohol motifs (C(OH)–C–C–N with tert-alkyl or cyclic N) is 1. The Morgan fingerprint density at radius 3 is 1.78 bits per heavy atom. The zero-order valence-corrected chi connectivity index (χ0v) is 15.2. The van der Waals surface area contributed by atoms with Crippen molar-refractivity contribution in [1.82, 2.24) is 9.80 Å². The molecule has 0 saturated carbocycles. The van der Waals surface area contributed by atoms with Gasteiger partial charge in [0.05, 0.1) is 24.1 Å². The summed E-state index contributed by atoms with van der Waals surface area (Å²) >= 11 is 0. The first-order valence-corrected chi connectivity index (χ1v) is 9.45. The Bertz CT molecular complexity index is 400. The molecule has 1 heterocycles. The molecule has 4 N–H and O–H groups in total. The highest BCUT2D eigenvalue weighted by Gasteiger charge is 2.17.